The lowest BCUT2D eigenvalue weighted by Crippen LogP contribution is -2.22. The molecule has 0 aliphatic heterocycles. The quantitative estimate of drug-likeness (QED) is 0.712. The summed E-state index contributed by atoms with van der Waals surface area (Å²) in [7, 11) is 1.95. The van der Waals surface area contributed by atoms with Gasteiger partial charge in [-0.05, 0) is 43.8 Å². The number of aromatic nitrogens is 2. The van der Waals surface area contributed by atoms with E-state index < -0.39 is 0 Å². The predicted octanol–water partition coefficient (Wildman–Crippen LogP) is 4.07. The topological polar surface area (TPSA) is 42.2 Å². The monoisotopic (exact) mass is 311 g/mol. The molecule has 0 radical (unpaired) electrons. The molecule has 0 N–H and O–H groups in total. The Kier molecular flexibility index (Phi) is 4.48. The van der Waals surface area contributed by atoms with Crippen molar-refractivity contribution in [1.29, 1.82) is 0 Å². The number of rotatable bonds is 5. The van der Waals surface area contributed by atoms with Crippen molar-refractivity contribution >= 4 is 0 Å². The van der Waals surface area contributed by atoms with Crippen LogP contribution in [0.5, 0.6) is 0 Å². The first-order valence-electron chi connectivity index (χ1n) is 7.47. The first-order valence-corrected chi connectivity index (χ1v) is 7.47. The van der Waals surface area contributed by atoms with Crippen molar-refractivity contribution in [3.8, 4) is 11.5 Å². The van der Waals surface area contributed by atoms with E-state index in [4.69, 9.17) is 4.42 Å². The summed E-state index contributed by atoms with van der Waals surface area (Å²) in [6, 6.07) is 16.2. The zero-order valence-electron chi connectivity index (χ0n) is 13.1. The summed E-state index contributed by atoms with van der Waals surface area (Å²) in [5.41, 5.74) is 1.80. The highest BCUT2D eigenvalue weighted by molar-refractivity contribution is 5.51. The summed E-state index contributed by atoms with van der Waals surface area (Å²) < 4.78 is 19.0. The Labute approximate surface area is 134 Å². The second-order valence-electron chi connectivity index (χ2n) is 5.53. The van der Waals surface area contributed by atoms with Crippen LogP contribution in [0.15, 0.2) is 59.0 Å². The average molecular weight is 311 g/mol. The third-order valence-corrected chi connectivity index (χ3v) is 3.80. The molecule has 5 heteroatoms. The molecule has 0 fully saturated rings. The highest BCUT2D eigenvalue weighted by atomic mass is 19.1. The van der Waals surface area contributed by atoms with Gasteiger partial charge in [-0.1, -0.05) is 30.3 Å². The predicted molar refractivity (Wildman–Crippen MR) is 86.0 cm³/mol. The Morgan fingerprint density at radius 1 is 1.09 bits per heavy atom. The van der Waals surface area contributed by atoms with Crippen LogP contribution in [0.1, 0.15) is 24.4 Å². The van der Waals surface area contributed by atoms with E-state index >= 15 is 0 Å². The number of hydrogen-bond acceptors (Lipinski definition) is 4. The minimum atomic E-state index is -0.229. The van der Waals surface area contributed by atoms with Gasteiger partial charge in [-0.25, -0.2) is 4.39 Å². The van der Waals surface area contributed by atoms with Gasteiger partial charge in [0.2, 0.25) is 11.8 Å². The molecular weight excluding hydrogens is 293 g/mol. The largest absolute Gasteiger partial charge is 0.419 e. The van der Waals surface area contributed by atoms with Crippen molar-refractivity contribution in [2.24, 2.45) is 0 Å². The van der Waals surface area contributed by atoms with E-state index in [1.807, 2.05) is 55.3 Å². The van der Waals surface area contributed by atoms with E-state index in [0.717, 1.165) is 11.1 Å². The van der Waals surface area contributed by atoms with Crippen molar-refractivity contribution in [2.75, 3.05) is 7.05 Å². The molecule has 118 valence electrons. The van der Waals surface area contributed by atoms with Gasteiger partial charge in [-0.2, -0.15) is 0 Å². The minimum Gasteiger partial charge on any atom is -0.419 e. The third-order valence-electron chi connectivity index (χ3n) is 3.80. The van der Waals surface area contributed by atoms with Gasteiger partial charge in [0.25, 0.3) is 0 Å². The van der Waals surface area contributed by atoms with Crippen molar-refractivity contribution < 1.29 is 8.81 Å². The second-order valence-corrected chi connectivity index (χ2v) is 5.53. The van der Waals surface area contributed by atoms with E-state index in [2.05, 4.69) is 10.2 Å². The molecule has 1 atom stereocenters. The van der Waals surface area contributed by atoms with Crippen molar-refractivity contribution in [2.45, 2.75) is 19.5 Å². The molecule has 1 unspecified atom stereocenters. The molecule has 1 aromatic heterocycles. The van der Waals surface area contributed by atoms with Crippen LogP contribution >= 0.6 is 0 Å². The van der Waals surface area contributed by atoms with Crippen LogP contribution in [0.3, 0.4) is 0 Å². The summed E-state index contributed by atoms with van der Waals surface area (Å²) in [6.07, 6.45) is 0. The smallest absolute Gasteiger partial charge is 0.247 e. The SMILES string of the molecule is CC(c1nnc(-c2ccccc2)o1)N(C)Cc1cccc(F)c1. The first kappa shape index (κ1) is 15.4. The van der Waals surface area contributed by atoms with Gasteiger partial charge in [0.1, 0.15) is 5.82 Å². The molecule has 0 spiro atoms. The molecule has 0 bridgehead atoms. The van der Waals surface area contributed by atoms with E-state index in [0.29, 0.717) is 18.3 Å². The zero-order chi connectivity index (χ0) is 16.2. The maximum absolute atomic E-state index is 13.3. The van der Waals surface area contributed by atoms with E-state index in [9.17, 15) is 4.39 Å². The molecule has 0 aliphatic carbocycles. The molecule has 23 heavy (non-hydrogen) atoms. The normalized spacial score (nSPS) is 12.5. The molecule has 2 aromatic carbocycles. The average Bonchev–Trinajstić information content (AvgIpc) is 3.05. The Morgan fingerprint density at radius 2 is 1.87 bits per heavy atom. The Balaban J connectivity index is 1.73. The standard InChI is InChI=1S/C18H18FN3O/c1-13(22(2)12-14-7-6-10-16(19)11-14)17-20-21-18(23-17)15-8-4-3-5-9-15/h3-11,13H,12H2,1-2H3. The Hall–Kier alpha value is -2.53. The molecule has 0 saturated heterocycles. The molecule has 0 amide bonds. The summed E-state index contributed by atoms with van der Waals surface area (Å²) in [6.45, 7) is 2.59. The number of hydrogen-bond donors (Lipinski definition) is 0. The van der Waals surface area contributed by atoms with Gasteiger partial charge in [0.05, 0.1) is 6.04 Å². The molecule has 4 nitrogen and oxygen atoms in total. The van der Waals surface area contributed by atoms with Crippen LogP contribution in [0.25, 0.3) is 11.5 Å². The van der Waals surface area contributed by atoms with E-state index in [-0.39, 0.29) is 11.9 Å². The van der Waals surface area contributed by atoms with Gasteiger partial charge in [0, 0.05) is 12.1 Å². The molecule has 3 rings (SSSR count). The molecule has 0 saturated carbocycles. The lowest BCUT2D eigenvalue weighted by atomic mass is 10.2. The molecular formula is C18H18FN3O. The third kappa shape index (κ3) is 3.63. The fourth-order valence-corrected chi connectivity index (χ4v) is 2.35. The van der Waals surface area contributed by atoms with Crippen LogP contribution in [0.4, 0.5) is 4.39 Å². The molecule has 0 aliphatic rings. The Morgan fingerprint density at radius 3 is 2.61 bits per heavy atom. The summed E-state index contributed by atoms with van der Waals surface area (Å²) in [5.74, 6) is 0.821. The van der Waals surface area contributed by atoms with Crippen LogP contribution in [0, 0.1) is 5.82 Å². The van der Waals surface area contributed by atoms with Crippen molar-refractivity contribution in [1.82, 2.24) is 15.1 Å². The summed E-state index contributed by atoms with van der Waals surface area (Å²) in [5, 5.41) is 8.25. The number of halogens is 1. The van der Waals surface area contributed by atoms with Gasteiger partial charge in [-0.3, -0.25) is 4.90 Å². The molecule has 1 heterocycles. The lowest BCUT2D eigenvalue weighted by molar-refractivity contribution is 0.218. The van der Waals surface area contributed by atoms with Gasteiger partial charge >= 0.3 is 0 Å². The van der Waals surface area contributed by atoms with Gasteiger partial charge in [0.15, 0.2) is 0 Å². The lowest BCUT2D eigenvalue weighted by Gasteiger charge is -2.21. The van der Waals surface area contributed by atoms with Crippen molar-refractivity contribution in [3.63, 3.8) is 0 Å². The number of benzene rings is 2. The minimum absolute atomic E-state index is 0.0665. The highest BCUT2D eigenvalue weighted by Gasteiger charge is 2.19. The fourth-order valence-electron chi connectivity index (χ4n) is 2.35. The van der Waals surface area contributed by atoms with Crippen LogP contribution in [0.2, 0.25) is 0 Å². The van der Waals surface area contributed by atoms with Crippen LogP contribution < -0.4 is 0 Å². The van der Waals surface area contributed by atoms with Crippen LogP contribution in [-0.4, -0.2) is 22.1 Å². The van der Waals surface area contributed by atoms with Crippen molar-refractivity contribution in [3.05, 3.63) is 71.9 Å². The van der Waals surface area contributed by atoms with Gasteiger partial charge in [-0.15, -0.1) is 10.2 Å². The second kappa shape index (κ2) is 6.71. The van der Waals surface area contributed by atoms with E-state index in [1.165, 1.54) is 12.1 Å². The maximum atomic E-state index is 13.3. The Bertz CT molecular complexity index is 773. The maximum Gasteiger partial charge on any atom is 0.247 e. The highest BCUT2D eigenvalue weighted by Crippen LogP contribution is 2.24. The van der Waals surface area contributed by atoms with E-state index in [1.54, 1.807) is 6.07 Å². The van der Waals surface area contributed by atoms with Crippen LogP contribution in [-0.2, 0) is 6.54 Å². The van der Waals surface area contributed by atoms with Gasteiger partial charge < -0.3 is 4.42 Å². The summed E-state index contributed by atoms with van der Waals surface area (Å²) >= 11 is 0. The first-order chi connectivity index (χ1) is 11.1. The fraction of sp³-hybridized carbons (Fsp3) is 0.222. The summed E-state index contributed by atoms with van der Waals surface area (Å²) in [4.78, 5) is 2.04. The molecule has 3 aromatic rings. The zero-order valence-corrected chi connectivity index (χ0v) is 13.1. The number of nitrogens with zero attached hydrogens (tertiary/aromatic N) is 3.